The number of phenolic OH excluding ortho intramolecular Hbond substituents is 1. The average Bonchev–Trinajstić information content (AvgIpc) is 2.75. The van der Waals surface area contributed by atoms with Crippen LogP contribution in [0.5, 0.6) is 11.5 Å². The minimum Gasteiger partial charge on any atom is -0.507 e. The maximum absolute atomic E-state index is 10.5. The fourth-order valence-corrected chi connectivity index (χ4v) is 3.89. The van der Waals surface area contributed by atoms with Crippen molar-refractivity contribution in [3.63, 3.8) is 0 Å². The van der Waals surface area contributed by atoms with Crippen LogP contribution in [-0.4, -0.2) is 65.5 Å². The lowest BCUT2D eigenvalue weighted by Crippen LogP contribution is -2.49. The largest absolute Gasteiger partial charge is 0.507 e. The minimum absolute atomic E-state index is 0.218. The molecule has 29 heavy (non-hydrogen) atoms. The summed E-state index contributed by atoms with van der Waals surface area (Å²) < 4.78 is 5.99. The summed E-state index contributed by atoms with van der Waals surface area (Å²) in [7, 11) is 0. The molecule has 2 N–H and O–H groups in total. The van der Waals surface area contributed by atoms with Gasteiger partial charge in [0.2, 0.25) is 0 Å². The number of aromatic hydroxyl groups is 1. The average molecular weight is 393 g/mol. The maximum atomic E-state index is 10.5. The lowest BCUT2D eigenvalue weighted by atomic mass is 10.0. The van der Waals surface area contributed by atoms with Crippen molar-refractivity contribution in [2.24, 2.45) is 0 Å². The molecular weight excluding hydrogens is 366 g/mol. The molecule has 1 atom stereocenters. The van der Waals surface area contributed by atoms with Crippen LogP contribution in [0.4, 0.5) is 5.82 Å². The molecular formula is C23H27N3O3. The topological polar surface area (TPSA) is 69.1 Å². The summed E-state index contributed by atoms with van der Waals surface area (Å²) in [5, 5.41) is 22.3. The first-order valence-corrected chi connectivity index (χ1v) is 10.0. The van der Waals surface area contributed by atoms with Gasteiger partial charge < -0.3 is 19.8 Å². The third kappa shape index (κ3) is 4.44. The van der Waals surface area contributed by atoms with Crippen molar-refractivity contribution in [3.8, 4) is 11.5 Å². The summed E-state index contributed by atoms with van der Waals surface area (Å²) in [5.41, 5.74) is 0.859. The molecule has 0 spiro atoms. The molecule has 0 aliphatic carbocycles. The number of phenols is 1. The highest BCUT2D eigenvalue weighted by Crippen LogP contribution is 2.35. The normalized spacial score (nSPS) is 16.1. The predicted octanol–water partition coefficient (Wildman–Crippen LogP) is 2.81. The summed E-state index contributed by atoms with van der Waals surface area (Å²) in [5.74, 6) is 1.97. The molecule has 0 bridgehead atoms. The molecule has 0 amide bonds. The summed E-state index contributed by atoms with van der Waals surface area (Å²) in [4.78, 5) is 8.94. The first-order valence-electron chi connectivity index (χ1n) is 10.0. The highest BCUT2D eigenvalue weighted by Gasteiger charge is 2.20. The van der Waals surface area contributed by atoms with Gasteiger partial charge in [0.05, 0.1) is 0 Å². The second kappa shape index (κ2) is 8.68. The smallest absolute Gasteiger partial charge is 0.130 e. The molecule has 2 heterocycles. The Morgan fingerprint density at radius 2 is 1.76 bits per heavy atom. The number of hydrogen-bond acceptors (Lipinski definition) is 6. The number of aromatic nitrogens is 1. The van der Waals surface area contributed by atoms with Gasteiger partial charge in [0.25, 0.3) is 0 Å². The van der Waals surface area contributed by atoms with Crippen LogP contribution >= 0.6 is 0 Å². The third-order valence-electron chi connectivity index (χ3n) is 5.39. The number of benzene rings is 2. The lowest BCUT2D eigenvalue weighted by molar-refractivity contribution is 0.0665. The Hall–Kier alpha value is -2.83. The zero-order valence-corrected chi connectivity index (χ0v) is 16.7. The van der Waals surface area contributed by atoms with E-state index >= 15 is 0 Å². The molecule has 1 fully saturated rings. The molecule has 1 aliphatic heterocycles. The number of rotatable bonds is 6. The van der Waals surface area contributed by atoms with Gasteiger partial charge in [-0.05, 0) is 30.7 Å². The number of aryl methyl sites for hydroxylation is 1. The van der Waals surface area contributed by atoms with Crippen molar-refractivity contribution in [2.75, 3.05) is 44.2 Å². The Kier molecular flexibility index (Phi) is 5.83. The van der Waals surface area contributed by atoms with E-state index in [0.717, 1.165) is 54.1 Å². The molecule has 3 aromatic rings. The minimum atomic E-state index is -0.580. The Morgan fingerprint density at radius 3 is 2.48 bits per heavy atom. The van der Waals surface area contributed by atoms with Crippen molar-refractivity contribution >= 4 is 16.6 Å². The first kappa shape index (κ1) is 19.5. The summed E-state index contributed by atoms with van der Waals surface area (Å²) >= 11 is 0. The van der Waals surface area contributed by atoms with Gasteiger partial charge in [0.1, 0.15) is 30.0 Å². The number of hydrogen-bond donors (Lipinski definition) is 2. The molecule has 0 saturated carbocycles. The van der Waals surface area contributed by atoms with E-state index in [-0.39, 0.29) is 12.4 Å². The van der Waals surface area contributed by atoms with Crippen molar-refractivity contribution in [3.05, 3.63) is 60.3 Å². The molecule has 6 nitrogen and oxygen atoms in total. The molecule has 1 aromatic heterocycles. The van der Waals surface area contributed by atoms with E-state index < -0.39 is 6.10 Å². The molecule has 152 valence electrons. The van der Waals surface area contributed by atoms with Crippen molar-refractivity contribution in [2.45, 2.75) is 13.0 Å². The van der Waals surface area contributed by atoms with Gasteiger partial charge >= 0.3 is 0 Å². The Morgan fingerprint density at radius 1 is 1.03 bits per heavy atom. The van der Waals surface area contributed by atoms with E-state index in [0.29, 0.717) is 6.54 Å². The number of β-amino-alcohol motifs (C(OH)–C–C–N with tert-alkyl or cyclic N) is 1. The van der Waals surface area contributed by atoms with Crippen LogP contribution in [0.2, 0.25) is 0 Å². The fraction of sp³-hybridized carbons (Fsp3) is 0.348. The number of pyridine rings is 1. The van der Waals surface area contributed by atoms with E-state index in [4.69, 9.17) is 4.74 Å². The van der Waals surface area contributed by atoms with Crippen LogP contribution in [0.25, 0.3) is 10.8 Å². The predicted molar refractivity (Wildman–Crippen MR) is 115 cm³/mol. The molecule has 1 saturated heterocycles. The van der Waals surface area contributed by atoms with Crippen LogP contribution in [-0.2, 0) is 0 Å². The molecule has 1 aliphatic rings. The Bertz CT molecular complexity index is 956. The standard InChI is InChI=1S/C23H27N3O3/c1-17-14-21(28)19-6-2-3-7-20(19)23(17)29-16-18(27)15-25-10-12-26(13-11-25)22-8-4-5-9-24-22/h2-9,14,18,27-28H,10-13,15-16H2,1H3. The Labute approximate surface area is 171 Å². The van der Waals surface area contributed by atoms with Gasteiger partial charge in [-0.3, -0.25) is 4.90 Å². The number of nitrogens with zero attached hydrogens (tertiary/aromatic N) is 3. The monoisotopic (exact) mass is 393 g/mol. The van der Waals surface area contributed by atoms with E-state index in [1.165, 1.54) is 0 Å². The number of ether oxygens (including phenoxy) is 1. The van der Waals surface area contributed by atoms with Gasteiger partial charge in [-0.25, -0.2) is 4.98 Å². The second-order valence-electron chi connectivity index (χ2n) is 7.53. The number of aliphatic hydroxyl groups is 1. The van der Waals surface area contributed by atoms with Crippen LogP contribution in [0.1, 0.15) is 5.56 Å². The lowest BCUT2D eigenvalue weighted by Gasteiger charge is -2.36. The SMILES string of the molecule is Cc1cc(O)c2ccccc2c1OCC(O)CN1CCN(c2ccccn2)CC1. The van der Waals surface area contributed by atoms with Crippen LogP contribution in [0.3, 0.4) is 0 Å². The van der Waals surface area contributed by atoms with E-state index in [2.05, 4.69) is 14.8 Å². The van der Waals surface area contributed by atoms with Gasteiger partial charge in [0, 0.05) is 49.7 Å². The highest BCUT2D eigenvalue weighted by molar-refractivity contribution is 5.94. The van der Waals surface area contributed by atoms with Gasteiger partial charge in [0.15, 0.2) is 0 Å². The van der Waals surface area contributed by atoms with Gasteiger partial charge in [-0.15, -0.1) is 0 Å². The van der Waals surface area contributed by atoms with E-state index in [9.17, 15) is 10.2 Å². The number of fused-ring (bicyclic) bond motifs is 1. The summed E-state index contributed by atoms with van der Waals surface area (Å²) in [6.45, 7) is 6.26. The zero-order valence-electron chi connectivity index (χ0n) is 16.7. The molecule has 0 radical (unpaired) electrons. The van der Waals surface area contributed by atoms with Crippen molar-refractivity contribution in [1.82, 2.24) is 9.88 Å². The molecule has 2 aromatic carbocycles. The van der Waals surface area contributed by atoms with E-state index in [1.54, 1.807) is 6.07 Å². The number of aliphatic hydroxyl groups excluding tert-OH is 1. The number of piperazine rings is 1. The molecule has 4 rings (SSSR count). The highest BCUT2D eigenvalue weighted by atomic mass is 16.5. The van der Waals surface area contributed by atoms with Crippen molar-refractivity contribution in [1.29, 1.82) is 0 Å². The number of anilines is 1. The summed E-state index contributed by atoms with van der Waals surface area (Å²) in [6, 6.07) is 15.3. The van der Waals surface area contributed by atoms with Gasteiger partial charge in [-0.1, -0.05) is 30.3 Å². The second-order valence-corrected chi connectivity index (χ2v) is 7.53. The Balaban J connectivity index is 1.32. The van der Waals surface area contributed by atoms with Crippen LogP contribution in [0.15, 0.2) is 54.7 Å². The first-order chi connectivity index (χ1) is 14.1. The van der Waals surface area contributed by atoms with Crippen LogP contribution < -0.4 is 9.64 Å². The fourth-order valence-electron chi connectivity index (χ4n) is 3.89. The maximum Gasteiger partial charge on any atom is 0.130 e. The summed E-state index contributed by atoms with van der Waals surface area (Å²) in [6.07, 6.45) is 1.24. The van der Waals surface area contributed by atoms with Crippen molar-refractivity contribution < 1.29 is 14.9 Å². The van der Waals surface area contributed by atoms with Gasteiger partial charge in [-0.2, -0.15) is 0 Å². The quantitative estimate of drug-likeness (QED) is 0.671. The zero-order chi connectivity index (χ0) is 20.2. The molecule has 1 unspecified atom stereocenters. The third-order valence-corrected chi connectivity index (χ3v) is 5.39. The molecule has 6 heteroatoms. The van der Waals surface area contributed by atoms with Crippen LogP contribution in [0, 0.1) is 6.92 Å². The van der Waals surface area contributed by atoms with E-state index in [1.807, 2.05) is 55.6 Å².